The Morgan fingerprint density at radius 1 is 1.62 bits per heavy atom. The highest BCUT2D eigenvalue weighted by Gasteiger charge is 2.16. The number of nitriles is 1. The highest BCUT2D eigenvalue weighted by atomic mass is 19.1. The number of phenols is 1. The van der Waals surface area contributed by atoms with Gasteiger partial charge >= 0.3 is 5.97 Å². The van der Waals surface area contributed by atoms with E-state index in [1.807, 2.05) is 0 Å². The molecule has 0 atom stereocenters. The van der Waals surface area contributed by atoms with Crippen LogP contribution in [0.4, 0.5) is 4.39 Å². The molecular weight excluding hydrogens is 213 g/mol. The van der Waals surface area contributed by atoms with Crippen LogP contribution in [0.5, 0.6) is 5.75 Å². The summed E-state index contributed by atoms with van der Waals surface area (Å²) in [5, 5.41) is 18.1. The monoisotopic (exact) mass is 223 g/mol. The molecule has 0 amide bonds. The highest BCUT2D eigenvalue weighted by molar-refractivity contribution is 5.74. The fourth-order valence-electron chi connectivity index (χ4n) is 1.26. The molecule has 0 aliphatic heterocycles. The van der Waals surface area contributed by atoms with E-state index in [0.29, 0.717) is 0 Å². The molecule has 4 nitrogen and oxygen atoms in total. The molecule has 1 aromatic carbocycles. The molecule has 1 aromatic rings. The Morgan fingerprint density at radius 2 is 2.31 bits per heavy atom. The number of ether oxygens (including phenoxy) is 1. The van der Waals surface area contributed by atoms with Gasteiger partial charge in [0.2, 0.25) is 0 Å². The number of carbonyl (C=O) groups excluding carboxylic acids is 1. The predicted molar refractivity (Wildman–Crippen MR) is 53.1 cm³/mol. The molecule has 0 fully saturated rings. The number of rotatable bonds is 3. The molecule has 0 saturated heterocycles. The molecule has 0 radical (unpaired) electrons. The standard InChI is InChI=1S/C11H10FNO3/c1-2-16-11(15)5-7-8(6-13)10(14)4-3-9(7)12/h3-4,14H,2,5H2,1H3. The topological polar surface area (TPSA) is 70.3 Å². The maximum Gasteiger partial charge on any atom is 0.310 e. The van der Waals surface area contributed by atoms with Crippen LogP contribution in [-0.2, 0) is 16.0 Å². The van der Waals surface area contributed by atoms with Crippen molar-refractivity contribution in [1.82, 2.24) is 0 Å². The van der Waals surface area contributed by atoms with Crippen LogP contribution < -0.4 is 0 Å². The van der Waals surface area contributed by atoms with Gasteiger partial charge in [-0.05, 0) is 19.1 Å². The van der Waals surface area contributed by atoms with Crippen LogP contribution in [0.3, 0.4) is 0 Å². The van der Waals surface area contributed by atoms with Gasteiger partial charge in [-0.15, -0.1) is 0 Å². The summed E-state index contributed by atoms with van der Waals surface area (Å²) in [6.07, 6.45) is -0.364. The van der Waals surface area contributed by atoms with Gasteiger partial charge in [0.15, 0.2) is 0 Å². The van der Waals surface area contributed by atoms with Crippen LogP contribution in [-0.4, -0.2) is 17.7 Å². The molecule has 0 saturated carbocycles. The first-order chi connectivity index (χ1) is 7.60. The van der Waals surface area contributed by atoms with E-state index in [2.05, 4.69) is 4.74 Å². The van der Waals surface area contributed by atoms with Gasteiger partial charge in [0, 0.05) is 5.56 Å². The van der Waals surface area contributed by atoms with Crippen molar-refractivity contribution in [3.8, 4) is 11.8 Å². The van der Waals surface area contributed by atoms with Crippen LogP contribution in [0.25, 0.3) is 0 Å². The largest absolute Gasteiger partial charge is 0.507 e. The number of phenolic OH excluding ortho intramolecular Hbond substituents is 1. The van der Waals surface area contributed by atoms with Gasteiger partial charge in [-0.25, -0.2) is 4.39 Å². The first-order valence-electron chi connectivity index (χ1n) is 4.66. The normalized spacial score (nSPS) is 9.56. The van der Waals surface area contributed by atoms with Gasteiger partial charge in [-0.1, -0.05) is 0 Å². The molecule has 0 aliphatic carbocycles. The van der Waals surface area contributed by atoms with Crippen LogP contribution in [0.1, 0.15) is 18.1 Å². The van der Waals surface area contributed by atoms with Gasteiger partial charge in [0.1, 0.15) is 23.2 Å². The van der Waals surface area contributed by atoms with E-state index in [4.69, 9.17) is 5.26 Å². The number of halogens is 1. The minimum absolute atomic E-state index is 0.138. The smallest absolute Gasteiger partial charge is 0.310 e. The number of benzene rings is 1. The lowest BCUT2D eigenvalue weighted by Crippen LogP contribution is -2.10. The zero-order valence-corrected chi connectivity index (χ0v) is 8.66. The van der Waals surface area contributed by atoms with E-state index < -0.39 is 11.8 Å². The van der Waals surface area contributed by atoms with Gasteiger partial charge in [0.05, 0.1) is 13.0 Å². The van der Waals surface area contributed by atoms with Crippen molar-refractivity contribution in [2.24, 2.45) is 0 Å². The number of aromatic hydroxyl groups is 1. The van der Waals surface area contributed by atoms with Gasteiger partial charge in [-0.2, -0.15) is 5.26 Å². The molecule has 1 rings (SSSR count). The average Bonchev–Trinajstić information content (AvgIpc) is 2.24. The molecule has 16 heavy (non-hydrogen) atoms. The quantitative estimate of drug-likeness (QED) is 0.788. The van der Waals surface area contributed by atoms with Gasteiger partial charge in [0.25, 0.3) is 0 Å². The molecule has 0 spiro atoms. The van der Waals surface area contributed by atoms with Crippen molar-refractivity contribution in [3.05, 3.63) is 29.1 Å². The number of esters is 1. The van der Waals surface area contributed by atoms with Crippen molar-refractivity contribution >= 4 is 5.97 Å². The van der Waals surface area contributed by atoms with Crippen molar-refractivity contribution < 1.29 is 19.0 Å². The maximum absolute atomic E-state index is 13.3. The van der Waals surface area contributed by atoms with Crippen molar-refractivity contribution in [2.45, 2.75) is 13.3 Å². The van der Waals surface area contributed by atoms with Crippen LogP contribution >= 0.6 is 0 Å². The van der Waals surface area contributed by atoms with Crippen molar-refractivity contribution in [3.63, 3.8) is 0 Å². The van der Waals surface area contributed by atoms with E-state index in [9.17, 15) is 14.3 Å². The Kier molecular flexibility index (Phi) is 3.84. The summed E-state index contributed by atoms with van der Waals surface area (Å²) in [5.74, 6) is -1.69. The molecule has 0 aliphatic rings. The zero-order valence-electron chi connectivity index (χ0n) is 8.66. The Balaban J connectivity index is 3.08. The summed E-state index contributed by atoms with van der Waals surface area (Å²) in [7, 11) is 0. The second-order valence-electron chi connectivity index (χ2n) is 3.01. The molecule has 0 aromatic heterocycles. The lowest BCUT2D eigenvalue weighted by atomic mass is 10.0. The van der Waals surface area contributed by atoms with Gasteiger partial charge < -0.3 is 9.84 Å². The summed E-state index contributed by atoms with van der Waals surface area (Å²) < 4.78 is 18.0. The highest BCUT2D eigenvalue weighted by Crippen LogP contribution is 2.23. The fourth-order valence-corrected chi connectivity index (χ4v) is 1.26. The SMILES string of the molecule is CCOC(=O)Cc1c(F)ccc(O)c1C#N. The molecule has 0 bridgehead atoms. The van der Waals surface area contributed by atoms with Crippen LogP contribution in [0, 0.1) is 17.1 Å². The lowest BCUT2D eigenvalue weighted by Gasteiger charge is -2.06. The average molecular weight is 223 g/mol. The third kappa shape index (κ3) is 2.48. The molecule has 1 N–H and O–H groups in total. The Hall–Kier alpha value is -2.09. The molecule has 0 unspecified atom stereocenters. The summed E-state index contributed by atoms with van der Waals surface area (Å²) in [4.78, 5) is 11.2. The third-order valence-corrected chi connectivity index (χ3v) is 1.97. The van der Waals surface area contributed by atoms with Crippen molar-refractivity contribution in [2.75, 3.05) is 6.61 Å². The molecule has 84 valence electrons. The first-order valence-corrected chi connectivity index (χ1v) is 4.66. The van der Waals surface area contributed by atoms with E-state index >= 15 is 0 Å². The Bertz CT molecular complexity index is 451. The van der Waals surface area contributed by atoms with E-state index in [-0.39, 0.29) is 29.9 Å². The van der Waals surface area contributed by atoms with Crippen molar-refractivity contribution in [1.29, 1.82) is 5.26 Å². The summed E-state index contributed by atoms with van der Waals surface area (Å²) >= 11 is 0. The number of nitrogens with zero attached hydrogens (tertiary/aromatic N) is 1. The van der Waals surface area contributed by atoms with Crippen LogP contribution in [0.15, 0.2) is 12.1 Å². The summed E-state index contributed by atoms with van der Waals surface area (Å²) in [5.41, 5.74) is -0.367. The van der Waals surface area contributed by atoms with E-state index in [1.165, 1.54) is 0 Å². The van der Waals surface area contributed by atoms with E-state index in [0.717, 1.165) is 12.1 Å². The predicted octanol–water partition coefficient (Wildman–Crippen LogP) is 1.51. The van der Waals surface area contributed by atoms with Gasteiger partial charge in [-0.3, -0.25) is 4.79 Å². The lowest BCUT2D eigenvalue weighted by molar-refractivity contribution is -0.142. The van der Waals surface area contributed by atoms with E-state index in [1.54, 1.807) is 13.0 Å². The fraction of sp³-hybridized carbons (Fsp3) is 0.273. The first kappa shape index (κ1) is 12.0. The number of hydrogen-bond donors (Lipinski definition) is 1. The minimum Gasteiger partial charge on any atom is -0.507 e. The van der Waals surface area contributed by atoms with Crippen LogP contribution in [0.2, 0.25) is 0 Å². The number of hydrogen-bond acceptors (Lipinski definition) is 4. The molecule has 0 heterocycles. The Labute approximate surface area is 91.9 Å². The molecule has 5 heteroatoms. The number of carbonyl (C=O) groups is 1. The second kappa shape index (κ2) is 5.12. The molecular formula is C11H10FNO3. The zero-order chi connectivity index (χ0) is 12.1. The third-order valence-electron chi connectivity index (χ3n) is 1.97. The summed E-state index contributed by atoms with van der Waals surface area (Å²) in [6.45, 7) is 1.81. The maximum atomic E-state index is 13.3. The minimum atomic E-state index is -0.706. The second-order valence-corrected chi connectivity index (χ2v) is 3.01. The Morgan fingerprint density at radius 3 is 2.88 bits per heavy atom. The summed E-state index contributed by atoms with van der Waals surface area (Å²) in [6, 6.07) is 3.73.